The van der Waals surface area contributed by atoms with Crippen molar-refractivity contribution in [2.75, 3.05) is 0 Å². The molecule has 4 heteroatoms. The highest BCUT2D eigenvalue weighted by Crippen LogP contribution is 2.10. The topological polar surface area (TPSA) is 52.6 Å². The number of carbonyl (C=O) groups is 2. The molecule has 0 amide bonds. The molecular formula is C25H38O4. The van der Waals surface area contributed by atoms with Crippen molar-refractivity contribution in [2.24, 2.45) is 0 Å². The van der Waals surface area contributed by atoms with E-state index >= 15 is 0 Å². The van der Waals surface area contributed by atoms with Gasteiger partial charge in [0.05, 0.1) is 12.0 Å². The first kappa shape index (κ1) is 24.9. The van der Waals surface area contributed by atoms with Gasteiger partial charge in [0.1, 0.15) is 0 Å². The maximum atomic E-state index is 11.7. The van der Waals surface area contributed by atoms with Crippen molar-refractivity contribution < 1.29 is 19.4 Å². The molecule has 0 aliphatic rings. The van der Waals surface area contributed by atoms with Crippen molar-refractivity contribution in [3.63, 3.8) is 0 Å². The Morgan fingerprint density at radius 1 is 0.724 bits per heavy atom. The summed E-state index contributed by atoms with van der Waals surface area (Å²) in [6, 6.07) is 8.48. The molecule has 0 N–H and O–H groups in total. The van der Waals surface area contributed by atoms with Gasteiger partial charge in [0.2, 0.25) is 0 Å². The first-order valence-electron chi connectivity index (χ1n) is 11.4. The third-order valence-corrected chi connectivity index (χ3v) is 4.86. The predicted octanol–water partition coefficient (Wildman–Crippen LogP) is 7.34. The zero-order valence-corrected chi connectivity index (χ0v) is 18.1. The van der Waals surface area contributed by atoms with Crippen molar-refractivity contribution in [3.05, 3.63) is 48.0 Å². The molecule has 0 saturated heterocycles. The Morgan fingerprint density at radius 3 is 1.90 bits per heavy atom. The third kappa shape index (κ3) is 14.5. The molecule has 0 bridgehead atoms. The molecule has 0 fully saturated rings. The second kappa shape index (κ2) is 18.0. The average molecular weight is 403 g/mol. The number of allylic oxidation sites excluding steroid dienone is 2. The molecule has 162 valence electrons. The van der Waals surface area contributed by atoms with Crippen LogP contribution in [0.15, 0.2) is 42.5 Å². The van der Waals surface area contributed by atoms with Gasteiger partial charge in [-0.2, -0.15) is 0 Å². The minimum absolute atomic E-state index is 0.278. The van der Waals surface area contributed by atoms with Crippen LogP contribution in [-0.4, -0.2) is 11.9 Å². The molecule has 0 saturated carbocycles. The highest BCUT2D eigenvalue weighted by atomic mass is 17.2. The first-order chi connectivity index (χ1) is 14.2. The van der Waals surface area contributed by atoms with Crippen molar-refractivity contribution in [3.8, 4) is 0 Å². The highest BCUT2D eigenvalue weighted by molar-refractivity contribution is 5.89. The summed E-state index contributed by atoms with van der Waals surface area (Å²) in [7, 11) is 0. The second-order valence-electron chi connectivity index (χ2n) is 7.53. The lowest BCUT2D eigenvalue weighted by atomic mass is 10.1. The number of benzene rings is 1. The fourth-order valence-corrected chi connectivity index (χ4v) is 3.09. The monoisotopic (exact) mass is 402 g/mol. The molecule has 0 aliphatic heterocycles. The fourth-order valence-electron chi connectivity index (χ4n) is 3.09. The van der Waals surface area contributed by atoms with E-state index in [9.17, 15) is 9.59 Å². The van der Waals surface area contributed by atoms with Crippen molar-refractivity contribution in [1.29, 1.82) is 0 Å². The van der Waals surface area contributed by atoms with Crippen LogP contribution in [0.25, 0.3) is 0 Å². The van der Waals surface area contributed by atoms with E-state index in [1.165, 1.54) is 57.8 Å². The summed E-state index contributed by atoms with van der Waals surface area (Å²) < 4.78 is 0. The van der Waals surface area contributed by atoms with E-state index in [0.717, 1.165) is 25.7 Å². The molecule has 1 aromatic carbocycles. The summed E-state index contributed by atoms with van der Waals surface area (Å²) in [5.41, 5.74) is 0.362. The number of hydrogen-bond acceptors (Lipinski definition) is 4. The molecule has 0 atom stereocenters. The van der Waals surface area contributed by atoms with Crippen molar-refractivity contribution >= 4 is 11.9 Å². The Kier molecular flexibility index (Phi) is 15.4. The van der Waals surface area contributed by atoms with Crippen LogP contribution < -0.4 is 0 Å². The minimum Gasteiger partial charge on any atom is -0.247 e. The Labute approximate surface area is 176 Å². The smallest absolute Gasteiger partial charge is 0.247 e. The van der Waals surface area contributed by atoms with Gasteiger partial charge in [-0.25, -0.2) is 19.4 Å². The van der Waals surface area contributed by atoms with Gasteiger partial charge >= 0.3 is 11.9 Å². The van der Waals surface area contributed by atoms with Crippen LogP contribution in [-0.2, 0) is 14.6 Å². The molecule has 0 spiro atoms. The summed E-state index contributed by atoms with van der Waals surface area (Å²) in [5.74, 6) is -1.14. The molecule has 1 aromatic rings. The first-order valence-corrected chi connectivity index (χ1v) is 11.4. The van der Waals surface area contributed by atoms with Gasteiger partial charge in [-0.3, -0.25) is 0 Å². The lowest BCUT2D eigenvalue weighted by Crippen LogP contribution is -2.11. The maximum Gasteiger partial charge on any atom is 0.386 e. The second-order valence-corrected chi connectivity index (χ2v) is 7.53. The Morgan fingerprint density at radius 2 is 1.28 bits per heavy atom. The maximum absolute atomic E-state index is 11.7. The molecule has 0 radical (unpaired) electrons. The van der Waals surface area contributed by atoms with E-state index < -0.39 is 11.9 Å². The van der Waals surface area contributed by atoms with Crippen LogP contribution in [0, 0.1) is 0 Å². The molecule has 0 heterocycles. The van der Waals surface area contributed by atoms with Crippen LogP contribution in [0.2, 0.25) is 0 Å². The molecule has 0 aliphatic carbocycles. The van der Waals surface area contributed by atoms with Crippen molar-refractivity contribution in [2.45, 2.75) is 96.8 Å². The van der Waals surface area contributed by atoms with E-state index in [4.69, 9.17) is 0 Å². The number of carbonyl (C=O) groups excluding carboxylic acids is 2. The lowest BCUT2D eigenvalue weighted by molar-refractivity contribution is -0.234. The largest absolute Gasteiger partial charge is 0.386 e. The van der Waals surface area contributed by atoms with Gasteiger partial charge in [0, 0.05) is 0 Å². The van der Waals surface area contributed by atoms with Crippen LogP contribution in [0.5, 0.6) is 0 Å². The predicted molar refractivity (Wildman–Crippen MR) is 117 cm³/mol. The summed E-state index contributed by atoms with van der Waals surface area (Å²) >= 11 is 0. The number of unbranched alkanes of at least 4 members (excludes halogenated alkanes) is 11. The molecule has 29 heavy (non-hydrogen) atoms. The zero-order valence-electron chi connectivity index (χ0n) is 18.1. The summed E-state index contributed by atoms with van der Waals surface area (Å²) in [6.45, 7) is 2.25. The minimum atomic E-state index is -0.650. The van der Waals surface area contributed by atoms with Gasteiger partial charge in [-0.15, -0.1) is 0 Å². The van der Waals surface area contributed by atoms with Crippen LogP contribution in [0.4, 0.5) is 0 Å². The Balaban J connectivity index is 1.87. The molecule has 0 unspecified atom stereocenters. The fraction of sp³-hybridized carbons (Fsp3) is 0.600. The summed E-state index contributed by atoms with van der Waals surface area (Å²) in [4.78, 5) is 32.4. The van der Waals surface area contributed by atoms with E-state index in [1.54, 1.807) is 30.3 Å². The van der Waals surface area contributed by atoms with E-state index in [0.29, 0.717) is 5.56 Å². The van der Waals surface area contributed by atoms with Gasteiger partial charge in [-0.05, 0) is 44.2 Å². The molecule has 1 rings (SSSR count). The van der Waals surface area contributed by atoms with Gasteiger partial charge < -0.3 is 0 Å². The number of rotatable bonds is 16. The van der Waals surface area contributed by atoms with Crippen molar-refractivity contribution in [1.82, 2.24) is 0 Å². The highest BCUT2D eigenvalue weighted by Gasteiger charge is 2.11. The lowest BCUT2D eigenvalue weighted by Gasteiger charge is -2.03. The van der Waals surface area contributed by atoms with E-state index in [2.05, 4.69) is 28.9 Å². The Bertz CT molecular complexity index is 565. The molecular weight excluding hydrogens is 364 g/mol. The third-order valence-electron chi connectivity index (χ3n) is 4.86. The van der Waals surface area contributed by atoms with Crippen LogP contribution in [0.1, 0.15) is 107 Å². The van der Waals surface area contributed by atoms with Gasteiger partial charge in [0.25, 0.3) is 0 Å². The van der Waals surface area contributed by atoms with Crippen LogP contribution in [0.3, 0.4) is 0 Å². The van der Waals surface area contributed by atoms with Gasteiger partial charge in [0.15, 0.2) is 0 Å². The molecule has 4 nitrogen and oxygen atoms in total. The van der Waals surface area contributed by atoms with E-state index in [1.807, 2.05) is 0 Å². The molecule has 0 aromatic heterocycles. The Hall–Kier alpha value is -2.10. The zero-order chi connectivity index (χ0) is 21.0. The normalized spacial score (nSPS) is 10.9. The van der Waals surface area contributed by atoms with Gasteiger partial charge in [-0.1, -0.05) is 88.6 Å². The number of hydrogen-bond donors (Lipinski definition) is 0. The standard InChI is InChI=1S/C25H38O4/c1-2-3-4-5-6-7-8-9-10-11-12-13-14-15-19-22-24(26)28-29-25(27)23-20-17-16-18-21-23/h9-10,16-18,20-21H,2-8,11-15,19,22H2,1H3/b10-9-. The quantitative estimate of drug-likeness (QED) is 0.126. The summed E-state index contributed by atoms with van der Waals surface area (Å²) in [5, 5.41) is 0. The van der Waals surface area contributed by atoms with Crippen LogP contribution >= 0.6 is 0 Å². The van der Waals surface area contributed by atoms with E-state index in [-0.39, 0.29) is 6.42 Å². The average Bonchev–Trinajstić information content (AvgIpc) is 2.75. The summed E-state index contributed by atoms with van der Waals surface area (Å²) in [6.07, 6.45) is 20.6. The SMILES string of the molecule is CCCCCCCC/C=C\CCCCCCCC(=O)OOC(=O)c1ccccc1.